The van der Waals surface area contributed by atoms with Crippen molar-refractivity contribution in [1.82, 2.24) is 4.90 Å². The number of alkyl halides is 1. The van der Waals surface area contributed by atoms with Gasteiger partial charge in [-0.25, -0.2) is 4.79 Å². The van der Waals surface area contributed by atoms with E-state index >= 15 is 0 Å². The van der Waals surface area contributed by atoms with Crippen LogP contribution in [-0.4, -0.2) is 68.7 Å². The van der Waals surface area contributed by atoms with Crippen LogP contribution in [0.4, 0.5) is 9.18 Å². The lowest BCUT2D eigenvalue weighted by molar-refractivity contribution is -0.520. The van der Waals surface area contributed by atoms with Gasteiger partial charge in [-0.1, -0.05) is 0 Å². The summed E-state index contributed by atoms with van der Waals surface area (Å²) in [6.45, 7) is -0.590. The molecule has 17 heavy (non-hydrogen) atoms. The lowest BCUT2D eigenvalue weighted by Gasteiger charge is -2.22. The summed E-state index contributed by atoms with van der Waals surface area (Å²) in [5.41, 5.74) is 0. The summed E-state index contributed by atoms with van der Waals surface area (Å²) >= 11 is 0. The lowest BCUT2D eigenvalue weighted by Crippen LogP contribution is -2.56. The summed E-state index contributed by atoms with van der Waals surface area (Å²) in [6, 6.07) is -0.843. The Morgan fingerprint density at radius 3 is 3.00 bits per heavy atom. The molecule has 2 N–H and O–H groups in total. The molecular weight excluding hydrogens is 235 g/mol. The van der Waals surface area contributed by atoms with Gasteiger partial charge in [-0.3, -0.25) is 0 Å². The van der Waals surface area contributed by atoms with Crippen LogP contribution in [-0.2, 0) is 9.53 Å². The summed E-state index contributed by atoms with van der Waals surface area (Å²) in [4.78, 5) is 23.6. The Bertz CT molecular complexity index is 453. The molecule has 2 unspecified atom stereocenters. The SMILES string of the molecule is O=C1CC=[N+]2C(=O)N1C1(F)C(O)[C@H](CO)O[C@H]21. The highest BCUT2D eigenvalue weighted by atomic mass is 19.1. The van der Waals surface area contributed by atoms with Crippen molar-refractivity contribution in [2.45, 2.75) is 30.6 Å². The van der Waals surface area contributed by atoms with E-state index in [1.807, 2.05) is 0 Å². The van der Waals surface area contributed by atoms with Crippen molar-refractivity contribution in [3.8, 4) is 0 Å². The molecule has 0 aliphatic carbocycles. The second-order valence-corrected chi connectivity index (χ2v) is 4.19. The third kappa shape index (κ3) is 1.03. The topological polar surface area (TPSA) is 90.1 Å². The molecule has 2 bridgehead atoms. The normalized spacial score (nSPS) is 44.1. The van der Waals surface area contributed by atoms with E-state index in [-0.39, 0.29) is 6.42 Å². The zero-order chi connectivity index (χ0) is 12.4. The van der Waals surface area contributed by atoms with E-state index in [1.54, 1.807) is 0 Å². The highest BCUT2D eigenvalue weighted by molar-refractivity contribution is 6.03. The minimum Gasteiger partial charge on any atom is -0.394 e. The zero-order valence-electron chi connectivity index (χ0n) is 8.62. The van der Waals surface area contributed by atoms with Crippen LogP contribution in [0.1, 0.15) is 6.42 Å². The average molecular weight is 245 g/mol. The molecule has 2 saturated heterocycles. The first-order valence-electron chi connectivity index (χ1n) is 5.13. The number of nitrogens with zero attached hydrogens (tertiary/aromatic N) is 2. The fourth-order valence-electron chi connectivity index (χ4n) is 2.49. The number of hydrogen-bond acceptors (Lipinski definition) is 5. The van der Waals surface area contributed by atoms with E-state index in [0.29, 0.717) is 4.90 Å². The summed E-state index contributed by atoms with van der Waals surface area (Å²) < 4.78 is 20.8. The average Bonchev–Trinajstić information content (AvgIpc) is 2.60. The molecule has 3 aliphatic heterocycles. The summed E-state index contributed by atoms with van der Waals surface area (Å²) in [5, 5.41) is 18.7. The Hall–Kier alpha value is -1.38. The van der Waals surface area contributed by atoms with Crippen LogP contribution in [0.5, 0.6) is 0 Å². The minimum absolute atomic E-state index is 0.117. The van der Waals surface area contributed by atoms with Crippen molar-refractivity contribution in [2.75, 3.05) is 6.61 Å². The van der Waals surface area contributed by atoms with Crippen LogP contribution < -0.4 is 0 Å². The van der Waals surface area contributed by atoms with Crippen molar-refractivity contribution in [3.63, 3.8) is 0 Å². The maximum atomic E-state index is 14.7. The first-order chi connectivity index (χ1) is 8.01. The number of imide groups is 1. The fourth-order valence-corrected chi connectivity index (χ4v) is 2.49. The maximum Gasteiger partial charge on any atom is 0.505 e. The molecule has 0 aromatic heterocycles. The van der Waals surface area contributed by atoms with Crippen LogP contribution in [0, 0.1) is 0 Å². The Balaban J connectivity index is 2.12. The van der Waals surface area contributed by atoms with Crippen molar-refractivity contribution in [1.29, 1.82) is 0 Å². The Morgan fingerprint density at radius 2 is 2.35 bits per heavy atom. The number of carbonyl (C=O) groups excluding carboxylic acids is 2. The molecular formula is C9H10FN2O5+. The maximum absolute atomic E-state index is 14.7. The number of aliphatic hydroxyl groups excluding tert-OH is 2. The van der Waals surface area contributed by atoms with E-state index < -0.39 is 42.8 Å². The van der Waals surface area contributed by atoms with Gasteiger partial charge >= 0.3 is 17.7 Å². The molecule has 3 aliphatic rings. The Kier molecular flexibility index (Phi) is 1.96. The van der Waals surface area contributed by atoms with Crippen molar-refractivity contribution >= 4 is 18.2 Å². The van der Waals surface area contributed by atoms with Crippen LogP contribution in [0.3, 0.4) is 0 Å². The Morgan fingerprint density at radius 1 is 1.65 bits per heavy atom. The van der Waals surface area contributed by atoms with E-state index in [2.05, 4.69) is 0 Å². The molecule has 8 heteroatoms. The molecule has 0 saturated carbocycles. The van der Waals surface area contributed by atoms with Crippen molar-refractivity contribution in [3.05, 3.63) is 0 Å². The van der Waals surface area contributed by atoms with Gasteiger partial charge < -0.3 is 14.9 Å². The van der Waals surface area contributed by atoms with Gasteiger partial charge in [-0.2, -0.15) is 13.8 Å². The zero-order valence-corrected chi connectivity index (χ0v) is 8.62. The predicted molar refractivity (Wildman–Crippen MR) is 48.8 cm³/mol. The number of urea groups is 1. The summed E-state index contributed by atoms with van der Waals surface area (Å²) in [6.07, 6.45) is -3.16. The van der Waals surface area contributed by atoms with Gasteiger partial charge in [-0.05, 0) is 0 Å². The van der Waals surface area contributed by atoms with Gasteiger partial charge in [0.25, 0.3) is 6.23 Å². The van der Waals surface area contributed by atoms with Gasteiger partial charge in [0.05, 0.1) is 12.8 Å². The number of fused-ring (bicyclic) bond motifs is 5. The smallest absolute Gasteiger partial charge is 0.394 e. The number of carbonyl (C=O) groups is 2. The van der Waals surface area contributed by atoms with E-state index in [4.69, 9.17) is 9.84 Å². The fraction of sp³-hybridized carbons (Fsp3) is 0.667. The predicted octanol–water partition coefficient (Wildman–Crippen LogP) is -1.82. The molecule has 2 fully saturated rings. The Labute approximate surface area is 94.7 Å². The van der Waals surface area contributed by atoms with Gasteiger partial charge in [0.2, 0.25) is 0 Å². The van der Waals surface area contributed by atoms with Crippen molar-refractivity contribution < 1.29 is 33.5 Å². The van der Waals surface area contributed by atoms with Gasteiger partial charge in [0, 0.05) is 0 Å². The second-order valence-electron chi connectivity index (χ2n) is 4.19. The number of rotatable bonds is 1. The van der Waals surface area contributed by atoms with Gasteiger partial charge in [0.1, 0.15) is 12.5 Å². The molecule has 0 aromatic carbocycles. The van der Waals surface area contributed by atoms with E-state index in [9.17, 15) is 19.1 Å². The molecule has 3 heterocycles. The molecule has 7 nitrogen and oxygen atoms in total. The monoisotopic (exact) mass is 245 g/mol. The quantitative estimate of drug-likeness (QED) is 0.419. The van der Waals surface area contributed by atoms with E-state index in [0.717, 1.165) is 4.58 Å². The molecule has 0 spiro atoms. The number of hydrogen-bond donors (Lipinski definition) is 2. The highest BCUT2D eigenvalue weighted by Crippen LogP contribution is 2.44. The first-order valence-corrected chi connectivity index (χ1v) is 5.13. The molecule has 3 amide bonds. The molecule has 0 radical (unpaired) electrons. The minimum atomic E-state index is -2.62. The van der Waals surface area contributed by atoms with Crippen LogP contribution >= 0.6 is 0 Å². The first kappa shape index (κ1) is 10.8. The third-order valence-corrected chi connectivity index (χ3v) is 3.32. The second kappa shape index (κ2) is 3.09. The highest BCUT2D eigenvalue weighted by Gasteiger charge is 2.78. The van der Waals surface area contributed by atoms with Crippen LogP contribution in [0.2, 0.25) is 0 Å². The number of aliphatic hydroxyl groups is 2. The third-order valence-electron chi connectivity index (χ3n) is 3.32. The molecule has 3 rings (SSSR count). The molecule has 0 aromatic rings. The molecule has 4 atom stereocenters. The van der Waals surface area contributed by atoms with E-state index in [1.165, 1.54) is 6.21 Å². The largest absolute Gasteiger partial charge is 0.505 e. The lowest BCUT2D eigenvalue weighted by atomic mass is 10.1. The summed E-state index contributed by atoms with van der Waals surface area (Å²) in [7, 11) is 0. The van der Waals surface area contributed by atoms with Crippen LogP contribution in [0.15, 0.2) is 0 Å². The van der Waals surface area contributed by atoms with Crippen molar-refractivity contribution in [2.24, 2.45) is 0 Å². The number of ether oxygens (including phenoxy) is 1. The number of halogens is 1. The summed E-state index contributed by atoms with van der Waals surface area (Å²) in [5.74, 6) is -3.34. The van der Waals surface area contributed by atoms with Crippen LogP contribution in [0.25, 0.3) is 0 Å². The number of amides is 3. The van der Waals surface area contributed by atoms with Gasteiger partial charge in [0.15, 0.2) is 6.10 Å². The standard InChI is InChI=1S/C9H10FN2O5/c10-9-6(15)4(3-13)17-7(9)11-2-1-5(14)12(9)8(11)16/h2,4,6-7,13,15H,1,3H2/q+1/t4-,6?,7-,9?/m0/s1. The van der Waals surface area contributed by atoms with Gasteiger partial charge in [-0.15, -0.1) is 4.90 Å². The molecule has 92 valence electrons.